The molecule has 0 radical (unpaired) electrons. The number of rotatable bonds is 5. The highest BCUT2D eigenvalue weighted by Gasteiger charge is 2.27. The van der Waals surface area contributed by atoms with Crippen LogP contribution in [-0.2, 0) is 17.7 Å². The van der Waals surface area contributed by atoms with E-state index in [1.165, 1.54) is 5.56 Å². The molecule has 1 fully saturated rings. The van der Waals surface area contributed by atoms with Crippen LogP contribution >= 0.6 is 23.4 Å². The van der Waals surface area contributed by atoms with Crippen LogP contribution in [0.5, 0.6) is 0 Å². The predicted molar refractivity (Wildman–Crippen MR) is 123 cm³/mol. The first-order chi connectivity index (χ1) is 15.2. The van der Waals surface area contributed by atoms with E-state index in [0.29, 0.717) is 13.0 Å². The van der Waals surface area contributed by atoms with Gasteiger partial charge in [-0.05, 0) is 36.2 Å². The number of para-hydroxylation sites is 1. The normalized spacial score (nSPS) is 18.9. The van der Waals surface area contributed by atoms with Crippen molar-refractivity contribution in [3.8, 4) is 5.69 Å². The smallest absolute Gasteiger partial charge is 0.350 e. The van der Waals surface area contributed by atoms with Gasteiger partial charge in [0.15, 0.2) is 0 Å². The van der Waals surface area contributed by atoms with Crippen LogP contribution in [-0.4, -0.2) is 52.1 Å². The minimum atomic E-state index is -0.0539. The molecule has 8 heteroatoms. The van der Waals surface area contributed by atoms with Crippen molar-refractivity contribution in [2.75, 3.05) is 32.8 Å². The minimum Gasteiger partial charge on any atom is -0.379 e. The number of morpholine rings is 1. The average Bonchev–Trinajstić information content (AvgIpc) is 2.99. The fraction of sp³-hybridized carbons (Fsp3) is 0.391. The SMILES string of the molecule is O=c1n(CCCN2CCOCC2)nc2n1-c1ccccc1SC(c1ccc(Cl)cc1)C2. The number of nitrogens with zero attached hydrogens (tertiary/aromatic N) is 4. The molecule has 162 valence electrons. The summed E-state index contributed by atoms with van der Waals surface area (Å²) in [6.45, 7) is 5.08. The molecule has 1 aromatic heterocycles. The number of benzene rings is 2. The van der Waals surface area contributed by atoms with Gasteiger partial charge in [0.25, 0.3) is 0 Å². The third kappa shape index (κ3) is 4.46. The Balaban J connectivity index is 1.43. The van der Waals surface area contributed by atoms with Gasteiger partial charge in [-0.1, -0.05) is 35.9 Å². The van der Waals surface area contributed by atoms with Gasteiger partial charge in [-0.3, -0.25) is 4.90 Å². The minimum absolute atomic E-state index is 0.0539. The van der Waals surface area contributed by atoms with Crippen molar-refractivity contribution in [1.82, 2.24) is 19.2 Å². The predicted octanol–water partition coefficient (Wildman–Crippen LogP) is 3.80. The van der Waals surface area contributed by atoms with Crippen LogP contribution in [0.25, 0.3) is 5.69 Å². The Bertz CT molecular complexity index is 1110. The summed E-state index contributed by atoms with van der Waals surface area (Å²) in [5.41, 5.74) is 2.05. The van der Waals surface area contributed by atoms with Crippen LogP contribution < -0.4 is 5.69 Å². The quantitative estimate of drug-likeness (QED) is 0.584. The van der Waals surface area contributed by atoms with Gasteiger partial charge < -0.3 is 4.74 Å². The van der Waals surface area contributed by atoms with Crippen molar-refractivity contribution in [3.63, 3.8) is 0 Å². The second kappa shape index (κ2) is 9.20. The van der Waals surface area contributed by atoms with Crippen LogP contribution in [0.3, 0.4) is 0 Å². The fourth-order valence-electron chi connectivity index (χ4n) is 4.21. The molecule has 5 rings (SSSR count). The van der Waals surface area contributed by atoms with E-state index in [-0.39, 0.29) is 10.9 Å². The molecule has 2 aliphatic heterocycles. The molecule has 1 atom stereocenters. The summed E-state index contributed by atoms with van der Waals surface area (Å²) in [6, 6.07) is 16.1. The first kappa shape index (κ1) is 20.8. The summed E-state index contributed by atoms with van der Waals surface area (Å²) < 4.78 is 8.85. The van der Waals surface area contributed by atoms with Crippen molar-refractivity contribution in [1.29, 1.82) is 0 Å². The van der Waals surface area contributed by atoms with E-state index in [0.717, 1.165) is 60.7 Å². The molecule has 3 heterocycles. The van der Waals surface area contributed by atoms with Crippen LogP contribution in [0.15, 0.2) is 58.2 Å². The average molecular weight is 457 g/mol. The Labute approximate surface area is 190 Å². The number of aryl methyl sites for hydroxylation is 1. The molecule has 3 aromatic rings. The highest BCUT2D eigenvalue weighted by atomic mass is 35.5. The lowest BCUT2D eigenvalue weighted by molar-refractivity contribution is 0.0368. The zero-order chi connectivity index (χ0) is 21.2. The zero-order valence-corrected chi connectivity index (χ0v) is 18.8. The Morgan fingerprint density at radius 2 is 1.84 bits per heavy atom. The van der Waals surface area contributed by atoms with Crippen LogP contribution in [0.1, 0.15) is 23.1 Å². The topological polar surface area (TPSA) is 52.3 Å². The molecule has 0 amide bonds. The lowest BCUT2D eigenvalue weighted by Crippen LogP contribution is -2.37. The van der Waals surface area contributed by atoms with Gasteiger partial charge in [-0.15, -0.1) is 11.8 Å². The van der Waals surface area contributed by atoms with E-state index in [2.05, 4.69) is 23.1 Å². The van der Waals surface area contributed by atoms with Crippen molar-refractivity contribution in [2.45, 2.75) is 29.5 Å². The molecule has 31 heavy (non-hydrogen) atoms. The van der Waals surface area contributed by atoms with Crippen molar-refractivity contribution in [3.05, 3.63) is 75.4 Å². The van der Waals surface area contributed by atoms with Gasteiger partial charge in [0.2, 0.25) is 0 Å². The second-order valence-electron chi connectivity index (χ2n) is 7.89. The molecule has 1 unspecified atom stereocenters. The molecule has 2 aliphatic rings. The van der Waals surface area contributed by atoms with Crippen LogP contribution in [0.4, 0.5) is 0 Å². The Hall–Kier alpha value is -2.06. The molecule has 6 nitrogen and oxygen atoms in total. The third-order valence-electron chi connectivity index (χ3n) is 5.84. The van der Waals surface area contributed by atoms with Gasteiger partial charge in [0, 0.05) is 47.8 Å². The van der Waals surface area contributed by atoms with Gasteiger partial charge >= 0.3 is 5.69 Å². The lowest BCUT2D eigenvalue weighted by atomic mass is 10.1. The Morgan fingerprint density at radius 1 is 1.06 bits per heavy atom. The number of fused-ring (bicyclic) bond motifs is 3. The summed E-state index contributed by atoms with van der Waals surface area (Å²) in [5.74, 6) is 0.814. The van der Waals surface area contributed by atoms with E-state index >= 15 is 0 Å². The monoisotopic (exact) mass is 456 g/mol. The number of aromatic nitrogens is 3. The number of halogens is 1. The summed E-state index contributed by atoms with van der Waals surface area (Å²) >= 11 is 7.87. The Kier molecular flexibility index (Phi) is 6.18. The van der Waals surface area contributed by atoms with E-state index in [1.54, 1.807) is 21.0 Å². The molecule has 0 N–H and O–H groups in total. The number of hydrogen-bond acceptors (Lipinski definition) is 5. The maximum absolute atomic E-state index is 13.3. The van der Waals surface area contributed by atoms with Crippen molar-refractivity contribution in [2.24, 2.45) is 0 Å². The third-order valence-corrected chi connectivity index (χ3v) is 7.41. The molecule has 1 saturated heterocycles. The summed E-state index contributed by atoms with van der Waals surface area (Å²) in [4.78, 5) is 16.8. The first-order valence-electron chi connectivity index (χ1n) is 10.7. The number of hydrogen-bond donors (Lipinski definition) is 0. The molecule has 0 saturated carbocycles. The van der Waals surface area contributed by atoms with Crippen molar-refractivity contribution >= 4 is 23.4 Å². The second-order valence-corrected chi connectivity index (χ2v) is 9.58. The molecule has 0 bridgehead atoms. The molecule has 2 aromatic carbocycles. The molecule has 0 aliphatic carbocycles. The number of ether oxygens (including phenoxy) is 1. The highest BCUT2D eigenvalue weighted by Crippen LogP contribution is 2.42. The van der Waals surface area contributed by atoms with Gasteiger partial charge in [0.05, 0.1) is 18.9 Å². The zero-order valence-electron chi connectivity index (χ0n) is 17.2. The molecular weight excluding hydrogens is 432 g/mol. The maximum atomic E-state index is 13.3. The number of thioether (sulfide) groups is 1. The van der Waals surface area contributed by atoms with Crippen LogP contribution in [0, 0.1) is 0 Å². The first-order valence-corrected chi connectivity index (χ1v) is 12.0. The van der Waals surface area contributed by atoms with E-state index in [4.69, 9.17) is 21.4 Å². The molecular formula is C23H25ClN4O2S. The highest BCUT2D eigenvalue weighted by molar-refractivity contribution is 7.99. The summed E-state index contributed by atoms with van der Waals surface area (Å²) in [7, 11) is 0. The van der Waals surface area contributed by atoms with Gasteiger partial charge in [0.1, 0.15) is 5.82 Å². The Morgan fingerprint density at radius 3 is 2.65 bits per heavy atom. The fourth-order valence-corrected chi connectivity index (χ4v) is 5.60. The van der Waals surface area contributed by atoms with Crippen LogP contribution in [0.2, 0.25) is 5.02 Å². The van der Waals surface area contributed by atoms with Gasteiger partial charge in [-0.2, -0.15) is 5.10 Å². The standard InChI is InChI=1S/C23H25ClN4O2S/c24-18-8-6-17(7-9-18)21-16-22-25-27(11-3-10-26-12-14-30-15-13-26)23(29)28(22)19-4-1-2-5-20(19)31-21/h1-2,4-9,21H,3,10-16H2. The van der Waals surface area contributed by atoms with Crippen molar-refractivity contribution < 1.29 is 4.74 Å². The largest absolute Gasteiger partial charge is 0.379 e. The lowest BCUT2D eigenvalue weighted by Gasteiger charge is -2.26. The van der Waals surface area contributed by atoms with E-state index in [1.807, 2.05) is 30.3 Å². The van der Waals surface area contributed by atoms with E-state index < -0.39 is 0 Å². The summed E-state index contributed by atoms with van der Waals surface area (Å²) in [6.07, 6.45) is 1.58. The summed E-state index contributed by atoms with van der Waals surface area (Å²) in [5, 5.41) is 5.67. The maximum Gasteiger partial charge on any atom is 0.350 e. The van der Waals surface area contributed by atoms with Gasteiger partial charge in [-0.25, -0.2) is 14.0 Å². The molecule has 0 spiro atoms. The van der Waals surface area contributed by atoms with E-state index in [9.17, 15) is 4.79 Å².